The number of halogens is 1. The second-order valence-electron chi connectivity index (χ2n) is 3.54. The van der Waals surface area contributed by atoms with E-state index in [1.807, 2.05) is 0 Å². The molecule has 0 aliphatic heterocycles. The van der Waals surface area contributed by atoms with Crippen molar-refractivity contribution in [2.24, 2.45) is 0 Å². The van der Waals surface area contributed by atoms with Crippen molar-refractivity contribution in [3.63, 3.8) is 0 Å². The molecular weight excluding hydrogens is 349 g/mol. The van der Waals surface area contributed by atoms with Crippen molar-refractivity contribution in [2.45, 2.75) is 25.7 Å². The molecule has 17 heavy (non-hydrogen) atoms. The van der Waals surface area contributed by atoms with Gasteiger partial charge in [-0.25, -0.2) is 9.97 Å². The summed E-state index contributed by atoms with van der Waals surface area (Å²) in [6.45, 7) is 3.60. The fourth-order valence-electron chi connectivity index (χ4n) is 1.33. The third kappa shape index (κ3) is 4.59. The zero-order valence-electron chi connectivity index (χ0n) is 10.4. The van der Waals surface area contributed by atoms with Gasteiger partial charge in [0.05, 0.1) is 21.6 Å². The van der Waals surface area contributed by atoms with Gasteiger partial charge in [-0.15, -0.1) is 0 Å². The third-order valence-corrected chi connectivity index (χ3v) is 3.74. The molecule has 1 rings (SSSR count). The SMILES string of the molecule is CCCNc1nc(CSC)nc(COC)c1I. The lowest BCUT2D eigenvalue weighted by Gasteiger charge is -2.11. The highest BCUT2D eigenvalue weighted by Gasteiger charge is 2.11. The van der Waals surface area contributed by atoms with Crippen LogP contribution < -0.4 is 5.32 Å². The number of hydrogen-bond acceptors (Lipinski definition) is 5. The first-order valence-corrected chi connectivity index (χ1v) is 7.97. The highest BCUT2D eigenvalue weighted by molar-refractivity contribution is 14.1. The number of aromatic nitrogens is 2. The van der Waals surface area contributed by atoms with E-state index in [2.05, 4.69) is 51.1 Å². The standard InChI is InChI=1S/C11H18IN3OS/c1-4-5-13-11-10(12)8(6-16-2)14-9(15-11)7-17-3/h4-7H2,1-3H3,(H,13,14,15). The number of rotatable bonds is 7. The van der Waals surface area contributed by atoms with Gasteiger partial charge in [-0.2, -0.15) is 11.8 Å². The monoisotopic (exact) mass is 367 g/mol. The Morgan fingerprint density at radius 1 is 1.41 bits per heavy atom. The average molecular weight is 367 g/mol. The fourth-order valence-corrected chi connectivity index (χ4v) is 2.31. The van der Waals surface area contributed by atoms with E-state index in [4.69, 9.17) is 4.74 Å². The Morgan fingerprint density at radius 2 is 2.18 bits per heavy atom. The van der Waals surface area contributed by atoms with Gasteiger partial charge in [0, 0.05) is 13.7 Å². The molecule has 1 heterocycles. The fraction of sp³-hybridized carbons (Fsp3) is 0.636. The smallest absolute Gasteiger partial charge is 0.143 e. The second-order valence-corrected chi connectivity index (χ2v) is 5.49. The second kappa shape index (κ2) is 8.10. The number of hydrogen-bond donors (Lipinski definition) is 1. The molecule has 0 fully saturated rings. The minimum atomic E-state index is 0.531. The Morgan fingerprint density at radius 3 is 2.76 bits per heavy atom. The van der Waals surface area contributed by atoms with Crippen LogP contribution in [-0.2, 0) is 17.1 Å². The predicted molar refractivity (Wildman–Crippen MR) is 81.5 cm³/mol. The number of nitrogens with one attached hydrogen (secondary N) is 1. The van der Waals surface area contributed by atoms with Crippen LogP contribution in [0.4, 0.5) is 5.82 Å². The van der Waals surface area contributed by atoms with Crippen LogP contribution in [0.3, 0.4) is 0 Å². The van der Waals surface area contributed by atoms with E-state index in [9.17, 15) is 0 Å². The van der Waals surface area contributed by atoms with Crippen molar-refractivity contribution in [1.82, 2.24) is 9.97 Å². The molecule has 6 heteroatoms. The van der Waals surface area contributed by atoms with E-state index in [0.29, 0.717) is 6.61 Å². The van der Waals surface area contributed by atoms with Crippen LogP contribution in [0.1, 0.15) is 24.9 Å². The Hall–Kier alpha value is -0.0800. The highest BCUT2D eigenvalue weighted by Crippen LogP contribution is 2.21. The molecule has 0 atom stereocenters. The minimum Gasteiger partial charge on any atom is -0.378 e. The zero-order valence-corrected chi connectivity index (χ0v) is 13.4. The molecule has 0 aromatic carbocycles. The van der Waals surface area contributed by atoms with Gasteiger partial charge in [0.15, 0.2) is 0 Å². The number of thioether (sulfide) groups is 1. The average Bonchev–Trinajstić information content (AvgIpc) is 2.32. The molecule has 96 valence electrons. The van der Waals surface area contributed by atoms with Crippen molar-refractivity contribution in [2.75, 3.05) is 25.2 Å². The summed E-state index contributed by atoms with van der Waals surface area (Å²) in [5.41, 5.74) is 0.964. The lowest BCUT2D eigenvalue weighted by atomic mass is 10.3. The summed E-state index contributed by atoms with van der Waals surface area (Å²) in [6, 6.07) is 0. The molecule has 0 saturated carbocycles. The van der Waals surface area contributed by atoms with E-state index >= 15 is 0 Å². The van der Waals surface area contributed by atoms with Crippen LogP contribution in [-0.4, -0.2) is 29.9 Å². The van der Waals surface area contributed by atoms with E-state index < -0.39 is 0 Å². The van der Waals surface area contributed by atoms with Gasteiger partial charge in [-0.3, -0.25) is 0 Å². The zero-order chi connectivity index (χ0) is 12.7. The van der Waals surface area contributed by atoms with E-state index in [1.54, 1.807) is 18.9 Å². The summed E-state index contributed by atoms with van der Waals surface area (Å²) in [7, 11) is 1.69. The van der Waals surface area contributed by atoms with Crippen LogP contribution >= 0.6 is 34.4 Å². The van der Waals surface area contributed by atoms with Crippen molar-refractivity contribution in [3.05, 3.63) is 15.1 Å². The molecule has 1 aromatic heterocycles. The summed E-state index contributed by atoms with van der Waals surface area (Å²) >= 11 is 4.00. The molecule has 0 unspecified atom stereocenters. The van der Waals surface area contributed by atoms with E-state index in [-0.39, 0.29) is 0 Å². The Labute approximate surface area is 120 Å². The number of nitrogens with zero attached hydrogens (tertiary/aromatic N) is 2. The molecular formula is C11H18IN3OS. The number of ether oxygens (including phenoxy) is 1. The summed E-state index contributed by atoms with van der Waals surface area (Å²) in [4.78, 5) is 9.05. The summed E-state index contributed by atoms with van der Waals surface area (Å²) < 4.78 is 6.23. The van der Waals surface area contributed by atoms with Crippen LogP contribution in [0, 0.1) is 3.57 Å². The molecule has 1 aromatic rings. The summed E-state index contributed by atoms with van der Waals surface area (Å²) in [6.07, 6.45) is 3.13. The van der Waals surface area contributed by atoms with E-state index in [0.717, 1.165) is 39.6 Å². The summed E-state index contributed by atoms with van der Waals surface area (Å²) in [5, 5.41) is 3.34. The van der Waals surface area contributed by atoms with Gasteiger partial charge in [0.25, 0.3) is 0 Å². The maximum Gasteiger partial charge on any atom is 0.143 e. The third-order valence-electron chi connectivity index (χ3n) is 2.06. The lowest BCUT2D eigenvalue weighted by Crippen LogP contribution is -2.10. The quantitative estimate of drug-likeness (QED) is 0.751. The van der Waals surface area contributed by atoms with Crippen LogP contribution in [0.25, 0.3) is 0 Å². The molecule has 0 saturated heterocycles. The maximum atomic E-state index is 5.17. The Balaban J connectivity index is 2.99. The largest absolute Gasteiger partial charge is 0.378 e. The van der Waals surface area contributed by atoms with Gasteiger partial charge < -0.3 is 10.1 Å². The van der Waals surface area contributed by atoms with Crippen LogP contribution in [0.2, 0.25) is 0 Å². The Kier molecular flexibility index (Phi) is 7.14. The highest BCUT2D eigenvalue weighted by atomic mass is 127. The van der Waals surface area contributed by atoms with Gasteiger partial charge >= 0.3 is 0 Å². The maximum absolute atomic E-state index is 5.17. The number of anilines is 1. The topological polar surface area (TPSA) is 47.0 Å². The molecule has 1 N–H and O–H groups in total. The molecule has 0 amide bonds. The van der Waals surface area contributed by atoms with Crippen molar-refractivity contribution in [1.29, 1.82) is 0 Å². The van der Waals surface area contributed by atoms with Crippen LogP contribution in [0.15, 0.2) is 0 Å². The van der Waals surface area contributed by atoms with Crippen LogP contribution in [0.5, 0.6) is 0 Å². The lowest BCUT2D eigenvalue weighted by molar-refractivity contribution is 0.180. The van der Waals surface area contributed by atoms with Crippen molar-refractivity contribution >= 4 is 40.2 Å². The molecule has 0 aliphatic carbocycles. The van der Waals surface area contributed by atoms with Gasteiger partial charge in [0.2, 0.25) is 0 Å². The predicted octanol–water partition coefficient (Wildman–Crippen LogP) is 2.91. The minimum absolute atomic E-state index is 0.531. The molecule has 0 aliphatic rings. The normalized spacial score (nSPS) is 10.6. The first kappa shape index (κ1) is 15.0. The molecule has 0 bridgehead atoms. The summed E-state index contributed by atoms with van der Waals surface area (Å²) in [5.74, 6) is 2.62. The first-order chi connectivity index (χ1) is 8.22. The Bertz CT molecular complexity index is 363. The van der Waals surface area contributed by atoms with Gasteiger partial charge in [-0.1, -0.05) is 6.92 Å². The van der Waals surface area contributed by atoms with E-state index in [1.165, 1.54) is 0 Å². The van der Waals surface area contributed by atoms with Crippen molar-refractivity contribution in [3.8, 4) is 0 Å². The van der Waals surface area contributed by atoms with Gasteiger partial charge in [0.1, 0.15) is 11.6 Å². The first-order valence-electron chi connectivity index (χ1n) is 5.50. The van der Waals surface area contributed by atoms with Gasteiger partial charge in [-0.05, 0) is 35.3 Å². The molecule has 0 radical (unpaired) electrons. The number of methoxy groups -OCH3 is 1. The molecule has 4 nitrogen and oxygen atoms in total. The van der Waals surface area contributed by atoms with Crippen molar-refractivity contribution < 1.29 is 4.74 Å². The molecule has 0 spiro atoms.